The van der Waals surface area contributed by atoms with Gasteiger partial charge in [-0.2, -0.15) is 0 Å². The average molecular weight is 296 g/mol. The highest BCUT2D eigenvalue weighted by Gasteiger charge is 2.38. The van der Waals surface area contributed by atoms with Crippen LogP contribution in [0, 0.1) is 5.82 Å². The number of hydrogen-bond donors (Lipinski definition) is 2. The van der Waals surface area contributed by atoms with Crippen LogP contribution in [0.4, 0.5) is 14.9 Å². The second-order valence-corrected chi connectivity index (χ2v) is 5.78. The zero-order chi connectivity index (χ0) is 15.6. The molecular formula is C15H21FN2O3. The molecule has 116 valence electrons. The summed E-state index contributed by atoms with van der Waals surface area (Å²) in [5.41, 5.74) is -0.598. The van der Waals surface area contributed by atoms with Crippen LogP contribution in [0.25, 0.3) is 0 Å². The number of benzene rings is 1. The first kappa shape index (κ1) is 15.6. The maximum absolute atomic E-state index is 13.6. The van der Waals surface area contributed by atoms with Gasteiger partial charge in [0.25, 0.3) is 0 Å². The molecule has 0 bridgehead atoms. The third-order valence-electron chi connectivity index (χ3n) is 3.73. The minimum absolute atomic E-state index is 0.128. The number of urea groups is 1. The van der Waals surface area contributed by atoms with Crippen molar-refractivity contribution in [2.45, 2.75) is 38.3 Å². The summed E-state index contributed by atoms with van der Waals surface area (Å²) >= 11 is 0. The molecule has 0 saturated carbocycles. The Morgan fingerprint density at radius 3 is 2.81 bits per heavy atom. The van der Waals surface area contributed by atoms with Crippen molar-refractivity contribution in [3.05, 3.63) is 24.0 Å². The second-order valence-electron chi connectivity index (χ2n) is 5.78. The summed E-state index contributed by atoms with van der Waals surface area (Å²) in [6.07, 6.45) is 1.60. The number of anilines is 1. The van der Waals surface area contributed by atoms with Gasteiger partial charge in [-0.25, -0.2) is 9.18 Å². The molecule has 1 aliphatic heterocycles. The number of rotatable bonds is 3. The summed E-state index contributed by atoms with van der Waals surface area (Å²) in [7, 11) is 1.38. The highest BCUT2D eigenvalue weighted by atomic mass is 19.1. The summed E-state index contributed by atoms with van der Waals surface area (Å²) in [6, 6.07) is 3.69. The molecule has 1 heterocycles. The number of halogens is 1. The van der Waals surface area contributed by atoms with E-state index in [1.54, 1.807) is 24.8 Å². The molecule has 5 nitrogen and oxygen atoms in total. The monoisotopic (exact) mass is 296 g/mol. The fraction of sp³-hybridized carbons (Fsp3) is 0.533. The molecule has 21 heavy (non-hydrogen) atoms. The fourth-order valence-electron chi connectivity index (χ4n) is 2.68. The summed E-state index contributed by atoms with van der Waals surface area (Å²) in [4.78, 5) is 13.9. The SMILES string of the molecule is COc1ccc(NC(=O)N2CCCC2C(C)(C)O)cc1F. The van der Waals surface area contributed by atoms with E-state index in [2.05, 4.69) is 5.32 Å². The Bertz CT molecular complexity index is 528. The molecule has 1 aliphatic rings. The number of ether oxygens (including phenoxy) is 1. The number of hydrogen-bond acceptors (Lipinski definition) is 3. The Labute approximate surface area is 123 Å². The van der Waals surface area contributed by atoms with Crippen LogP contribution in [-0.2, 0) is 0 Å². The smallest absolute Gasteiger partial charge is 0.322 e. The molecular weight excluding hydrogens is 275 g/mol. The molecule has 1 atom stereocenters. The van der Waals surface area contributed by atoms with Crippen molar-refractivity contribution in [1.82, 2.24) is 4.90 Å². The van der Waals surface area contributed by atoms with Crippen molar-refractivity contribution in [2.75, 3.05) is 19.0 Å². The lowest BCUT2D eigenvalue weighted by Gasteiger charge is -2.33. The highest BCUT2D eigenvalue weighted by molar-refractivity contribution is 5.89. The van der Waals surface area contributed by atoms with Crippen molar-refractivity contribution in [3.63, 3.8) is 0 Å². The Hall–Kier alpha value is -1.82. The van der Waals surface area contributed by atoms with E-state index in [0.717, 1.165) is 12.8 Å². The minimum Gasteiger partial charge on any atom is -0.494 e. The van der Waals surface area contributed by atoms with Crippen molar-refractivity contribution in [1.29, 1.82) is 0 Å². The largest absolute Gasteiger partial charge is 0.494 e. The number of carbonyl (C=O) groups excluding carboxylic acids is 1. The number of nitrogens with one attached hydrogen (secondary N) is 1. The second kappa shape index (κ2) is 5.89. The first-order valence-corrected chi connectivity index (χ1v) is 6.96. The van der Waals surface area contributed by atoms with Gasteiger partial charge in [-0.3, -0.25) is 0 Å². The zero-order valence-corrected chi connectivity index (χ0v) is 12.5. The topological polar surface area (TPSA) is 61.8 Å². The van der Waals surface area contributed by atoms with Crippen LogP contribution >= 0.6 is 0 Å². The molecule has 0 aromatic heterocycles. The van der Waals surface area contributed by atoms with Crippen LogP contribution in [0.3, 0.4) is 0 Å². The number of methoxy groups -OCH3 is 1. The van der Waals surface area contributed by atoms with Crippen LogP contribution in [0.5, 0.6) is 5.75 Å². The normalized spacial score (nSPS) is 18.7. The van der Waals surface area contributed by atoms with Crippen molar-refractivity contribution >= 4 is 11.7 Å². The lowest BCUT2D eigenvalue weighted by atomic mass is 9.97. The Balaban J connectivity index is 2.09. The summed E-state index contributed by atoms with van der Waals surface area (Å²) in [5.74, 6) is -0.403. The molecule has 1 aromatic carbocycles. The first-order chi connectivity index (χ1) is 9.82. The van der Waals surface area contributed by atoms with Crippen LogP contribution in [0.1, 0.15) is 26.7 Å². The summed E-state index contributed by atoms with van der Waals surface area (Å²) in [5, 5.41) is 12.8. The lowest BCUT2D eigenvalue weighted by Crippen LogP contribution is -2.49. The van der Waals surface area contributed by atoms with Gasteiger partial charge >= 0.3 is 6.03 Å². The van der Waals surface area contributed by atoms with Gasteiger partial charge in [0.05, 0.1) is 18.8 Å². The van der Waals surface area contributed by atoms with E-state index in [4.69, 9.17) is 4.74 Å². The van der Waals surface area contributed by atoms with Gasteiger partial charge < -0.3 is 20.1 Å². The number of carbonyl (C=O) groups is 1. The maximum Gasteiger partial charge on any atom is 0.322 e. The summed E-state index contributed by atoms with van der Waals surface area (Å²) < 4.78 is 18.4. The Kier molecular flexibility index (Phi) is 4.37. The molecule has 2 amide bonds. The van der Waals surface area contributed by atoms with Gasteiger partial charge in [0.1, 0.15) is 0 Å². The van der Waals surface area contributed by atoms with E-state index in [-0.39, 0.29) is 17.8 Å². The lowest BCUT2D eigenvalue weighted by molar-refractivity contribution is 0.0117. The molecule has 1 fully saturated rings. The standard InChI is InChI=1S/C15H21FN2O3/c1-15(2,20)13-5-4-8-18(13)14(19)17-10-6-7-12(21-3)11(16)9-10/h6-7,9,13,20H,4-5,8H2,1-3H3,(H,17,19). The molecule has 0 aliphatic carbocycles. The van der Waals surface area contributed by atoms with Crippen molar-refractivity contribution in [3.8, 4) is 5.75 Å². The third kappa shape index (κ3) is 3.44. The van der Waals surface area contributed by atoms with E-state index in [0.29, 0.717) is 12.2 Å². The third-order valence-corrected chi connectivity index (χ3v) is 3.73. The number of amides is 2. The molecule has 1 unspecified atom stereocenters. The van der Waals surface area contributed by atoms with Gasteiger partial charge in [0, 0.05) is 18.3 Å². The molecule has 0 radical (unpaired) electrons. The van der Waals surface area contributed by atoms with E-state index in [1.165, 1.54) is 19.2 Å². The van der Waals surface area contributed by atoms with E-state index >= 15 is 0 Å². The van der Waals surface area contributed by atoms with Crippen LogP contribution in [0.2, 0.25) is 0 Å². The Morgan fingerprint density at radius 1 is 1.52 bits per heavy atom. The number of aliphatic hydroxyl groups is 1. The van der Waals surface area contributed by atoms with Gasteiger partial charge in [-0.15, -0.1) is 0 Å². The molecule has 6 heteroatoms. The summed E-state index contributed by atoms with van der Waals surface area (Å²) in [6.45, 7) is 3.96. The fourth-order valence-corrected chi connectivity index (χ4v) is 2.68. The van der Waals surface area contributed by atoms with Gasteiger partial charge in [-0.05, 0) is 38.8 Å². The quantitative estimate of drug-likeness (QED) is 0.901. The predicted molar refractivity (Wildman–Crippen MR) is 78.0 cm³/mol. The van der Waals surface area contributed by atoms with E-state index in [9.17, 15) is 14.3 Å². The zero-order valence-electron chi connectivity index (χ0n) is 12.5. The average Bonchev–Trinajstić information content (AvgIpc) is 2.88. The molecule has 2 rings (SSSR count). The maximum atomic E-state index is 13.6. The first-order valence-electron chi connectivity index (χ1n) is 6.96. The molecule has 1 aromatic rings. The van der Waals surface area contributed by atoms with Gasteiger partial charge in [0.15, 0.2) is 11.6 Å². The highest BCUT2D eigenvalue weighted by Crippen LogP contribution is 2.28. The van der Waals surface area contributed by atoms with Gasteiger partial charge in [0.2, 0.25) is 0 Å². The minimum atomic E-state index is -0.959. The van der Waals surface area contributed by atoms with Crippen LogP contribution < -0.4 is 10.1 Å². The van der Waals surface area contributed by atoms with E-state index < -0.39 is 11.4 Å². The van der Waals surface area contributed by atoms with Gasteiger partial charge in [-0.1, -0.05) is 0 Å². The number of likely N-dealkylation sites (tertiary alicyclic amines) is 1. The van der Waals surface area contributed by atoms with Crippen LogP contribution in [0.15, 0.2) is 18.2 Å². The predicted octanol–water partition coefficient (Wildman–Crippen LogP) is 2.60. The number of nitrogens with zero attached hydrogens (tertiary/aromatic N) is 1. The van der Waals surface area contributed by atoms with Crippen molar-refractivity contribution in [2.24, 2.45) is 0 Å². The van der Waals surface area contributed by atoms with Crippen molar-refractivity contribution < 1.29 is 19.0 Å². The Morgan fingerprint density at radius 2 is 2.24 bits per heavy atom. The molecule has 0 spiro atoms. The van der Waals surface area contributed by atoms with E-state index in [1.807, 2.05) is 0 Å². The van der Waals surface area contributed by atoms with Crippen LogP contribution in [-0.4, -0.2) is 41.3 Å². The molecule has 1 saturated heterocycles. The molecule has 2 N–H and O–H groups in total.